The zero-order valence-electron chi connectivity index (χ0n) is 29.3. The molecule has 1 atom stereocenters. The van der Waals surface area contributed by atoms with Crippen LogP contribution in [0, 0.1) is 30.4 Å². The Bertz CT molecular complexity index is 2190. The number of imidazole rings is 1. The third-order valence-electron chi connectivity index (χ3n) is 9.52. The van der Waals surface area contributed by atoms with E-state index in [9.17, 15) is 32.3 Å². The Balaban J connectivity index is 0.000000190. The molecule has 0 bridgehead atoms. The van der Waals surface area contributed by atoms with Gasteiger partial charge in [-0.1, -0.05) is 12.5 Å². The van der Waals surface area contributed by atoms with Crippen LogP contribution in [-0.4, -0.2) is 87.3 Å². The van der Waals surface area contributed by atoms with Crippen molar-refractivity contribution >= 4 is 73.8 Å². The van der Waals surface area contributed by atoms with Crippen LogP contribution in [0.5, 0.6) is 0 Å². The van der Waals surface area contributed by atoms with Crippen molar-refractivity contribution in [1.82, 2.24) is 19.6 Å². The number of likely N-dealkylation sites (tertiary alicyclic amines) is 1. The lowest BCUT2D eigenvalue weighted by atomic mass is 9.81. The molecule has 0 saturated carbocycles. The normalized spacial score (nSPS) is 16.3. The zero-order valence-corrected chi connectivity index (χ0v) is 33.6. The quantitative estimate of drug-likeness (QED) is 0.0503. The summed E-state index contributed by atoms with van der Waals surface area (Å²) in [6.07, 6.45) is 6.38. The number of anilines is 2. The summed E-state index contributed by atoms with van der Waals surface area (Å²) in [5, 5.41) is 25.5. The molecule has 55 heavy (non-hydrogen) atoms. The van der Waals surface area contributed by atoms with Crippen molar-refractivity contribution in [2.24, 2.45) is 0 Å². The van der Waals surface area contributed by atoms with Gasteiger partial charge in [-0.3, -0.25) is 9.59 Å². The number of rotatable bonds is 11. The highest BCUT2D eigenvalue weighted by Crippen LogP contribution is 2.34. The molecule has 3 aromatic carbocycles. The smallest absolute Gasteiger partial charge is 0.259 e. The van der Waals surface area contributed by atoms with Crippen molar-refractivity contribution in [1.29, 1.82) is 0 Å². The number of carbonyl (C=O) groups is 2. The number of piperidine rings is 1. The molecule has 2 aliphatic rings. The number of nitrogens with one attached hydrogen (secondary N) is 2. The van der Waals surface area contributed by atoms with E-state index in [0.717, 1.165) is 41.0 Å². The van der Waals surface area contributed by atoms with E-state index in [1.54, 1.807) is 41.2 Å². The van der Waals surface area contributed by atoms with Gasteiger partial charge in [0.1, 0.15) is 29.4 Å². The number of β-amino-alcohol motifs (C(OH)–C–C–N with tert-alkyl or cyclic N) is 1. The van der Waals surface area contributed by atoms with Gasteiger partial charge in [-0.15, -0.1) is 0 Å². The number of carbonyl (C=O) groups excluding carboxylic acids is 2. The summed E-state index contributed by atoms with van der Waals surface area (Å²) < 4.78 is 65.4. The van der Waals surface area contributed by atoms with Gasteiger partial charge in [-0.25, -0.2) is 22.5 Å². The van der Waals surface area contributed by atoms with Crippen molar-refractivity contribution in [2.75, 3.05) is 44.8 Å². The number of benzene rings is 3. The third kappa shape index (κ3) is 9.48. The zero-order chi connectivity index (χ0) is 39.3. The molecule has 0 radical (unpaired) electrons. The molecule has 5 aromatic rings. The molecule has 10 nitrogen and oxygen atoms in total. The van der Waals surface area contributed by atoms with Crippen LogP contribution in [0.2, 0.25) is 0 Å². The van der Waals surface area contributed by atoms with Crippen molar-refractivity contribution in [3.63, 3.8) is 0 Å². The summed E-state index contributed by atoms with van der Waals surface area (Å²) in [6.45, 7) is 0.667. The molecule has 2 saturated heterocycles. The van der Waals surface area contributed by atoms with E-state index in [1.165, 1.54) is 29.2 Å². The Labute approximate surface area is 341 Å². The second-order valence-electron chi connectivity index (χ2n) is 13.3. The van der Waals surface area contributed by atoms with Crippen LogP contribution in [0.3, 0.4) is 0 Å². The molecule has 4 heterocycles. The number of aromatic nitrogens is 2. The summed E-state index contributed by atoms with van der Waals surface area (Å²) in [5.74, 6) is -4.32. The van der Waals surface area contributed by atoms with Crippen LogP contribution in [-0.2, 0) is 11.2 Å². The van der Waals surface area contributed by atoms with Crippen molar-refractivity contribution in [3.05, 3.63) is 126 Å². The fraction of sp³-hybridized carbons (Fsp3) is 0.308. The number of hydrogen-bond acceptors (Lipinski definition) is 8. The summed E-state index contributed by atoms with van der Waals surface area (Å²) >= 11 is 4.01. The maximum absolute atomic E-state index is 14.6. The maximum atomic E-state index is 14.6. The Kier molecular flexibility index (Phi) is 13.4. The average Bonchev–Trinajstić information content (AvgIpc) is 3.64. The molecule has 2 fully saturated rings. The van der Waals surface area contributed by atoms with Crippen molar-refractivity contribution < 1.29 is 42.1 Å². The van der Waals surface area contributed by atoms with Crippen LogP contribution < -0.4 is 10.6 Å². The second kappa shape index (κ2) is 18.1. The standard InChI is InChI=1S/C21H21F3IN3O2.C18H16FIN2O3/c22-13-5-7-16(27-15-6-4-12(25)9-14(15)23)18(19(13)24)20(29)28-10-21(30,11-28)17-3-1-2-8-26-17;19-16-8-13(20)2-1-12(16)7-17-15(18(24)10-25-6-5-23)4-3-14-9-21-11-22(14)17/h4-7,9,17,26-27,30H,1-3,8,10-11H2;1-4,8-9,11,23H,5-7,10H2/t17-;/m0./s1. The number of fused-ring (bicyclic) bond motifs is 1. The average molecular weight is 986 g/mol. The van der Waals surface area contributed by atoms with Crippen LogP contribution in [0.1, 0.15) is 51.2 Å². The molecule has 0 spiro atoms. The molecule has 1 amide bonds. The highest BCUT2D eigenvalue weighted by atomic mass is 127. The van der Waals surface area contributed by atoms with Crippen LogP contribution >= 0.6 is 45.2 Å². The van der Waals surface area contributed by atoms with E-state index in [1.807, 2.05) is 28.7 Å². The van der Waals surface area contributed by atoms with Gasteiger partial charge in [0.2, 0.25) is 0 Å². The lowest BCUT2D eigenvalue weighted by Crippen LogP contribution is -2.72. The van der Waals surface area contributed by atoms with Gasteiger partial charge in [0.05, 0.1) is 55.7 Å². The Morgan fingerprint density at radius 3 is 2.36 bits per heavy atom. The number of amides is 1. The van der Waals surface area contributed by atoms with Crippen molar-refractivity contribution in [2.45, 2.75) is 37.3 Å². The number of aliphatic hydroxyl groups excluding tert-OH is 1. The Morgan fingerprint density at radius 1 is 0.945 bits per heavy atom. The monoisotopic (exact) mass is 985 g/mol. The lowest BCUT2D eigenvalue weighted by molar-refractivity contribution is -0.108. The summed E-state index contributed by atoms with van der Waals surface area (Å²) in [5.41, 5.74) is 0.865. The first-order chi connectivity index (χ1) is 26.4. The van der Waals surface area contributed by atoms with Gasteiger partial charge in [0.15, 0.2) is 17.4 Å². The Morgan fingerprint density at radius 2 is 1.67 bits per heavy atom. The number of ketones is 1. The highest BCUT2D eigenvalue weighted by molar-refractivity contribution is 14.1. The van der Waals surface area contributed by atoms with E-state index in [-0.39, 0.29) is 68.3 Å². The molecule has 7 rings (SSSR count). The van der Waals surface area contributed by atoms with Crippen LogP contribution in [0.15, 0.2) is 73.2 Å². The summed E-state index contributed by atoms with van der Waals surface area (Å²) in [6, 6.07) is 14.9. The first kappa shape index (κ1) is 41.0. The molecule has 2 aliphatic heterocycles. The van der Waals surface area contributed by atoms with Crippen LogP contribution in [0.4, 0.5) is 28.9 Å². The van der Waals surface area contributed by atoms with Gasteiger partial charge >= 0.3 is 0 Å². The molecule has 0 unspecified atom stereocenters. The lowest BCUT2D eigenvalue weighted by Gasteiger charge is -2.51. The first-order valence-electron chi connectivity index (χ1n) is 17.4. The van der Waals surface area contributed by atoms with Gasteiger partial charge < -0.3 is 34.9 Å². The topological polar surface area (TPSA) is 128 Å². The molecular formula is C39H37F4I2N5O5. The van der Waals surface area contributed by atoms with E-state index in [2.05, 4.69) is 38.2 Å². The van der Waals surface area contributed by atoms with Crippen LogP contribution in [0.25, 0.3) is 5.52 Å². The van der Waals surface area contributed by atoms with Gasteiger partial charge in [-0.05, 0) is 125 Å². The minimum Gasteiger partial charge on any atom is -0.394 e. The summed E-state index contributed by atoms with van der Waals surface area (Å²) in [7, 11) is 0. The minimum absolute atomic E-state index is 0.0246. The number of hydrogen-bond donors (Lipinski definition) is 4. The number of ether oxygens (including phenoxy) is 1. The second-order valence-corrected chi connectivity index (χ2v) is 15.8. The number of nitrogens with zero attached hydrogens (tertiary/aromatic N) is 3. The fourth-order valence-electron chi connectivity index (χ4n) is 6.68. The van der Waals surface area contributed by atoms with E-state index in [0.29, 0.717) is 20.4 Å². The van der Waals surface area contributed by atoms with E-state index in [4.69, 9.17) is 9.84 Å². The molecule has 290 valence electrons. The maximum Gasteiger partial charge on any atom is 0.259 e. The predicted molar refractivity (Wildman–Crippen MR) is 215 cm³/mol. The van der Waals surface area contributed by atoms with Crippen molar-refractivity contribution in [3.8, 4) is 0 Å². The number of halogens is 6. The van der Waals surface area contributed by atoms with Gasteiger partial charge in [0.25, 0.3) is 5.91 Å². The van der Waals surface area contributed by atoms with Gasteiger partial charge in [0, 0.05) is 30.9 Å². The number of pyridine rings is 1. The summed E-state index contributed by atoms with van der Waals surface area (Å²) in [4.78, 5) is 30.9. The fourth-order valence-corrected chi connectivity index (χ4v) is 7.59. The minimum atomic E-state index is -1.30. The molecule has 2 aromatic heterocycles. The van der Waals surface area contributed by atoms with Gasteiger partial charge in [-0.2, -0.15) is 0 Å². The SMILES string of the molecule is O=C(COCCO)c1ccc2cncn2c1Cc1ccc(I)cc1F.O=C(c1c(Nc2ccc(I)cc2F)ccc(F)c1F)N1CC(O)([C@@H]2CCCCN2)C1. The van der Waals surface area contributed by atoms with E-state index >= 15 is 0 Å². The van der Waals surface area contributed by atoms with E-state index < -0.39 is 34.5 Å². The highest BCUT2D eigenvalue weighted by Gasteiger charge is 2.50. The molecule has 16 heteroatoms. The molecule has 4 N–H and O–H groups in total. The number of Topliss-reactive ketones (excluding diaryl/α,β-unsaturated/α-hetero) is 1. The third-order valence-corrected chi connectivity index (χ3v) is 10.9. The molecular weight excluding hydrogens is 948 g/mol. The predicted octanol–water partition coefficient (Wildman–Crippen LogP) is 6.64. The first-order valence-corrected chi connectivity index (χ1v) is 19.6. The number of aliphatic hydroxyl groups is 2. The molecule has 0 aliphatic carbocycles. The largest absolute Gasteiger partial charge is 0.394 e. The Hall–Kier alpha value is -3.69.